The van der Waals surface area contributed by atoms with Gasteiger partial charge in [0.15, 0.2) is 0 Å². The molecule has 1 aromatic heterocycles. The van der Waals surface area contributed by atoms with Crippen molar-refractivity contribution in [2.75, 3.05) is 13.3 Å². The van der Waals surface area contributed by atoms with Crippen molar-refractivity contribution in [3.05, 3.63) is 40.1 Å². The van der Waals surface area contributed by atoms with Gasteiger partial charge in [-0.25, -0.2) is 22.7 Å². The van der Waals surface area contributed by atoms with Crippen molar-refractivity contribution in [3.8, 4) is 5.75 Å². The van der Waals surface area contributed by atoms with Gasteiger partial charge in [-0.15, -0.1) is 9.78 Å². The van der Waals surface area contributed by atoms with Crippen molar-refractivity contribution in [2.45, 2.75) is 63.3 Å². The maximum Gasteiger partial charge on any atom is 0.360 e. The van der Waals surface area contributed by atoms with Gasteiger partial charge in [0.25, 0.3) is 10.0 Å². The van der Waals surface area contributed by atoms with Crippen LogP contribution < -0.4 is 15.1 Å². The number of halogens is 1. The van der Waals surface area contributed by atoms with Crippen molar-refractivity contribution in [1.82, 2.24) is 19.1 Å². The molecule has 1 heterocycles. The van der Waals surface area contributed by atoms with Crippen LogP contribution in [0.15, 0.2) is 27.9 Å². The van der Waals surface area contributed by atoms with Crippen LogP contribution in [-0.2, 0) is 22.9 Å². The Hall–Kier alpha value is -2.69. The molecule has 0 bridgehead atoms. The number of hydrogen-bond donors (Lipinski definition) is 1. The number of carbonyl (C=O) groups excluding carboxylic acids is 1. The van der Waals surface area contributed by atoms with Gasteiger partial charge in [0.05, 0.1) is 13.3 Å². The van der Waals surface area contributed by atoms with Crippen molar-refractivity contribution < 1.29 is 22.3 Å². The highest BCUT2D eigenvalue weighted by Gasteiger charge is 2.32. The SMILES string of the molecule is CCCc1cccc(OCCCF)c1S(=O)(=O)NC(=O)n1nc(CC)n(C2CC2)c1=O. The van der Waals surface area contributed by atoms with Gasteiger partial charge < -0.3 is 4.74 Å². The molecule has 0 aliphatic heterocycles. The number of benzene rings is 1. The average molecular weight is 455 g/mol. The van der Waals surface area contributed by atoms with Gasteiger partial charge in [-0.1, -0.05) is 32.4 Å². The Kier molecular flexibility index (Phi) is 7.14. The summed E-state index contributed by atoms with van der Waals surface area (Å²) in [6.07, 6.45) is 3.28. The Labute approximate surface area is 180 Å². The molecular weight excluding hydrogens is 427 g/mol. The number of carbonyl (C=O) groups is 1. The summed E-state index contributed by atoms with van der Waals surface area (Å²) in [4.78, 5) is 25.2. The Morgan fingerprint density at radius 3 is 2.68 bits per heavy atom. The molecule has 0 radical (unpaired) electrons. The van der Waals surface area contributed by atoms with E-state index in [2.05, 4.69) is 5.10 Å². The predicted octanol–water partition coefficient (Wildman–Crippen LogP) is 2.58. The van der Waals surface area contributed by atoms with Crippen LogP contribution in [0.25, 0.3) is 0 Å². The van der Waals surface area contributed by atoms with E-state index in [1.165, 1.54) is 10.6 Å². The zero-order chi connectivity index (χ0) is 22.6. The average Bonchev–Trinajstić information content (AvgIpc) is 3.50. The first-order chi connectivity index (χ1) is 14.8. The monoisotopic (exact) mass is 454 g/mol. The topological polar surface area (TPSA) is 112 Å². The van der Waals surface area contributed by atoms with Crippen molar-refractivity contribution in [3.63, 3.8) is 0 Å². The molecule has 11 heteroatoms. The van der Waals surface area contributed by atoms with Crippen molar-refractivity contribution in [1.29, 1.82) is 0 Å². The zero-order valence-corrected chi connectivity index (χ0v) is 18.5. The maximum atomic E-state index is 13.1. The highest BCUT2D eigenvalue weighted by atomic mass is 32.2. The molecule has 1 fully saturated rings. The maximum absolute atomic E-state index is 13.1. The number of hydrogen-bond acceptors (Lipinski definition) is 6. The van der Waals surface area contributed by atoms with E-state index in [0.717, 1.165) is 12.8 Å². The second-order valence-corrected chi connectivity index (χ2v) is 8.98. The number of sulfonamides is 1. The first-order valence-electron chi connectivity index (χ1n) is 10.4. The Bertz CT molecular complexity index is 1110. The largest absolute Gasteiger partial charge is 0.492 e. The second kappa shape index (κ2) is 9.63. The molecular formula is C20H27FN4O5S. The summed E-state index contributed by atoms with van der Waals surface area (Å²) in [5.74, 6) is 0.464. The van der Waals surface area contributed by atoms with Crippen LogP contribution in [0.4, 0.5) is 9.18 Å². The number of aromatic nitrogens is 3. The van der Waals surface area contributed by atoms with Crippen LogP contribution in [0.2, 0.25) is 0 Å². The van der Waals surface area contributed by atoms with E-state index in [-0.39, 0.29) is 29.7 Å². The van der Waals surface area contributed by atoms with Gasteiger partial charge in [-0.3, -0.25) is 8.96 Å². The Balaban J connectivity index is 1.95. The lowest BCUT2D eigenvalue weighted by atomic mass is 10.1. The van der Waals surface area contributed by atoms with Gasteiger partial charge in [0, 0.05) is 18.9 Å². The lowest BCUT2D eigenvalue weighted by molar-refractivity contribution is 0.243. The van der Waals surface area contributed by atoms with E-state index in [1.807, 2.05) is 18.6 Å². The van der Waals surface area contributed by atoms with Gasteiger partial charge in [0.2, 0.25) is 0 Å². The van der Waals surface area contributed by atoms with Crippen molar-refractivity contribution >= 4 is 16.1 Å². The highest BCUT2D eigenvalue weighted by Crippen LogP contribution is 2.34. The van der Waals surface area contributed by atoms with Gasteiger partial charge in [-0.05, 0) is 30.9 Å². The molecule has 0 saturated heterocycles. The van der Waals surface area contributed by atoms with Crippen LogP contribution in [0.3, 0.4) is 0 Å². The fourth-order valence-corrected chi connectivity index (χ4v) is 4.71. The molecule has 31 heavy (non-hydrogen) atoms. The summed E-state index contributed by atoms with van der Waals surface area (Å²) < 4.78 is 48.2. The first-order valence-corrected chi connectivity index (χ1v) is 11.9. The fraction of sp³-hybridized carbons (Fsp3) is 0.550. The minimum Gasteiger partial charge on any atom is -0.492 e. The number of ether oxygens (including phenoxy) is 1. The lowest BCUT2D eigenvalue weighted by Gasteiger charge is -2.16. The third kappa shape index (κ3) is 4.97. The quantitative estimate of drug-likeness (QED) is 0.552. The predicted molar refractivity (Wildman–Crippen MR) is 112 cm³/mol. The van der Waals surface area contributed by atoms with E-state index < -0.39 is 28.4 Å². The van der Waals surface area contributed by atoms with Crippen LogP contribution in [-0.4, -0.2) is 42.1 Å². The number of nitrogens with one attached hydrogen (secondary N) is 1. The van der Waals surface area contributed by atoms with Crippen LogP contribution >= 0.6 is 0 Å². The highest BCUT2D eigenvalue weighted by molar-refractivity contribution is 7.90. The van der Waals surface area contributed by atoms with Crippen LogP contribution in [0.5, 0.6) is 5.75 Å². The summed E-state index contributed by atoms with van der Waals surface area (Å²) in [5, 5.41) is 4.03. The summed E-state index contributed by atoms with van der Waals surface area (Å²) in [7, 11) is -4.39. The molecule has 1 aromatic carbocycles. The zero-order valence-electron chi connectivity index (χ0n) is 17.6. The summed E-state index contributed by atoms with van der Waals surface area (Å²) in [6, 6.07) is 3.58. The summed E-state index contributed by atoms with van der Waals surface area (Å²) in [6.45, 7) is 3.09. The second-order valence-electron chi connectivity index (χ2n) is 7.36. The van der Waals surface area contributed by atoms with Crippen LogP contribution in [0.1, 0.15) is 57.0 Å². The van der Waals surface area contributed by atoms with E-state index in [9.17, 15) is 22.4 Å². The summed E-state index contributed by atoms with van der Waals surface area (Å²) >= 11 is 0. The molecule has 1 amide bonds. The van der Waals surface area contributed by atoms with Gasteiger partial charge in [0.1, 0.15) is 16.5 Å². The minimum atomic E-state index is -4.39. The first kappa shape index (κ1) is 23.0. The minimum absolute atomic E-state index is 0.00129. The molecule has 170 valence electrons. The Morgan fingerprint density at radius 2 is 2.06 bits per heavy atom. The number of amides is 1. The third-order valence-electron chi connectivity index (χ3n) is 4.91. The van der Waals surface area contributed by atoms with E-state index >= 15 is 0 Å². The Morgan fingerprint density at radius 1 is 1.32 bits per heavy atom. The van der Waals surface area contributed by atoms with Gasteiger partial charge >= 0.3 is 11.7 Å². The molecule has 2 aromatic rings. The molecule has 9 nitrogen and oxygen atoms in total. The van der Waals surface area contributed by atoms with Crippen LogP contribution in [0, 0.1) is 0 Å². The molecule has 1 saturated carbocycles. The lowest BCUT2D eigenvalue weighted by Crippen LogP contribution is -2.41. The van der Waals surface area contributed by atoms with E-state index in [0.29, 0.717) is 35.3 Å². The normalized spacial score (nSPS) is 13.9. The molecule has 3 rings (SSSR count). The standard InChI is InChI=1S/C20H27FN4O5S/c1-3-7-14-8-5-9-16(30-13-6-12-21)18(14)31(28,29)23-19(26)25-20(27)24(15-10-11-15)17(4-2)22-25/h5,8-9,15H,3-4,6-7,10-13H2,1-2H3,(H,23,26). The fourth-order valence-electron chi connectivity index (χ4n) is 3.38. The molecule has 0 atom stereocenters. The number of nitrogens with zero attached hydrogens (tertiary/aromatic N) is 3. The summed E-state index contributed by atoms with van der Waals surface area (Å²) in [5.41, 5.74) is -0.195. The molecule has 1 aliphatic carbocycles. The smallest absolute Gasteiger partial charge is 0.360 e. The van der Waals surface area contributed by atoms with E-state index in [4.69, 9.17) is 4.74 Å². The molecule has 0 unspecified atom stereocenters. The number of rotatable bonds is 10. The number of alkyl halides is 1. The van der Waals surface area contributed by atoms with Gasteiger partial charge in [-0.2, -0.15) is 0 Å². The third-order valence-corrected chi connectivity index (χ3v) is 6.35. The molecule has 1 aliphatic rings. The van der Waals surface area contributed by atoms with Crippen molar-refractivity contribution in [2.24, 2.45) is 0 Å². The molecule has 0 spiro atoms. The number of aryl methyl sites for hydroxylation is 2. The van der Waals surface area contributed by atoms with E-state index in [1.54, 1.807) is 12.1 Å². The molecule has 1 N–H and O–H groups in total.